The minimum Gasteiger partial charge on any atom is -0.299 e. The second kappa shape index (κ2) is 4.95. The van der Waals surface area contributed by atoms with Gasteiger partial charge in [0, 0.05) is 5.92 Å². The van der Waals surface area contributed by atoms with Crippen molar-refractivity contribution in [2.75, 3.05) is 0 Å². The molecule has 0 aromatic rings. The topological polar surface area (TPSA) is 34.1 Å². The van der Waals surface area contributed by atoms with Gasteiger partial charge in [-0.3, -0.25) is 9.59 Å². The third-order valence-corrected chi connectivity index (χ3v) is 1.75. The van der Waals surface area contributed by atoms with Crippen LogP contribution < -0.4 is 0 Å². The molecule has 4 heteroatoms. The van der Waals surface area contributed by atoms with Gasteiger partial charge in [-0.05, 0) is 6.42 Å². The van der Waals surface area contributed by atoms with E-state index in [1.807, 2.05) is 0 Å². The Morgan fingerprint density at radius 1 is 1.25 bits per heavy atom. The fourth-order valence-electron chi connectivity index (χ4n) is 0.651. The summed E-state index contributed by atoms with van der Waals surface area (Å²) in [6.07, 6.45) is -3.07. The van der Waals surface area contributed by atoms with Gasteiger partial charge in [-0.15, -0.1) is 0 Å². The summed E-state index contributed by atoms with van der Waals surface area (Å²) in [7, 11) is 0. The molecule has 0 aromatic carbocycles. The molecule has 70 valence electrons. The van der Waals surface area contributed by atoms with E-state index in [4.69, 9.17) is 0 Å². The molecule has 0 rings (SSSR count). The lowest BCUT2D eigenvalue weighted by Gasteiger charge is -2.05. The Hall–Kier alpha value is -0.800. The molecule has 0 aromatic heterocycles. The van der Waals surface area contributed by atoms with Gasteiger partial charge in [-0.2, -0.15) is 0 Å². The van der Waals surface area contributed by atoms with Crippen molar-refractivity contribution in [3.8, 4) is 0 Å². The Morgan fingerprint density at radius 3 is 2.08 bits per heavy atom. The zero-order chi connectivity index (χ0) is 9.72. The molecule has 0 saturated carbocycles. The van der Waals surface area contributed by atoms with Crippen molar-refractivity contribution in [1.29, 1.82) is 0 Å². The maximum atomic E-state index is 11.7. The monoisotopic (exact) mass is 178 g/mol. The van der Waals surface area contributed by atoms with E-state index in [2.05, 4.69) is 0 Å². The van der Waals surface area contributed by atoms with Gasteiger partial charge in [0.15, 0.2) is 0 Å². The first-order valence-electron chi connectivity index (χ1n) is 3.82. The lowest BCUT2D eigenvalue weighted by atomic mass is 10.00. The quantitative estimate of drug-likeness (QED) is 0.602. The maximum absolute atomic E-state index is 11.7. The molecule has 0 aliphatic carbocycles. The van der Waals surface area contributed by atoms with E-state index in [1.165, 1.54) is 0 Å². The molecule has 1 unspecified atom stereocenters. The van der Waals surface area contributed by atoms with Gasteiger partial charge >= 0.3 is 0 Å². The normalized spacial score (nSPS) is 13.1. The lowest BCUT2D eigenvalue weighted by Crippen LogP contribution is -2.19. The first kappa shape index (κ1) is 11.2. The predicted octanol–water partition coefficient (Wildman–Crippen LogP) is 1.83. The Balaban J connectivity index is 3.93. The Bertz CT molecular complexity index is 178. The van der Waals surface area contributed by atoms with E-state index in [9.17, 15) is 18.4 Å². The third-order valence-electron chi connectivity index (χ3n) is 1.75. The number of Topliss-reactive ketones (excluding diaryl/α,β-unsaturated/α-hetero) is 2. The molecule has 0 aliphatic rings. The highest BCUT2D eigenvalue weighted by Crippen LogP contribution is 2.08. The van der Waals surface area contributed by atoms with Crippen molar-refractivity contribution in [3.63, 3.8) is 0 Å². The van der Waals surface area contributed by atoms with Crippen molar-refractivity contribution in [2.24, 2.45) is 5.92 Å². The van der Waals surface area contributed by atoms with E-state index < -0.39 is 24.4 Å². The molecule has 1 atom stereocenters. The first-order valence-corrected chi connectivity index (χ1v) is 3.82. The fourth-order valence-corrected chi connectivity index (χ4v) is 0.651. The van der Waals surface area contributed by atoms with E-state index in [-0.39, 0.29) is 5.92 Å². The molecule has 2 nitrogen and oxygen atoms in total. The summed E-state index contributed by atoms with van der Waals surface area (Å²) in [5.74, 6) is -1.98. The summed E-state index contributed by atoms with van der Waals surface area (Å²) in [6, 6.07) is 0. The molecule has 0 radical (unpaired) electrons. The van der Waals surface area contributed by atoms with Crippen LogP contribution in [0, 0.1) is 5.92 Å². The summed E-state index contributed by atoms with van der Waals surface area (Å²) in [6.45, 7) is 3.40. The van der Waals surface area contributed by atoms with Crippen LogP contribution in [0.2, 0.25) is 0 Å². The first-order chi connectivity index (χ1) is 5.49. The number of hydrogen-bond acceptors (Lipinski definition) is 2. The number of carbonyl (C=O) groups excluding carboxylic acids is 2. The summed E-state index contributed by atoms with van der Waals surface area (Å²) in [5, 5.41) is 0. The highest BCUT2D eigenvalue weighted by atomic mass is 19.3. The molecule has 0 saturated heterocycles. The average molecular weight is 178 g/mol. The molecule has 12 heavy (non-hydrogen) atoms. The number of ketones is 2. The number of halogens is 2. The molecule has 0 spiro atoms. The van der Waals surface area contributed by atoms with Crippen molar-refractivity contribution >= 4 is 11.6 Å². The Morgan fingerprint density at radius 2 is 1.75 bits per heavy atom. The zero-order valence-corrected chi connectivity index (χ0v) is 7.14. The standard InChI is InChI=1S/C8H12F2O2/c1-3-5(2)6(11)4-7(12)8(9)10/h5,8H,3-4H2,1-2H3. The van der Waals surface area contributed by atoms with Gasteiger partial charge in [-0.1, -0.05) is 13.8 Å². The lowest BCUT2D eigenvalue weighted by molar-refractivity contribution is -0.135. The predicted molar refractivity (Wildman–Crippen MR) is 40.1 cm³/mol. The minimum atomic E-state index is -3.02. The second-order valence-electron chi connectivity index (χ2n) is 2.72. The largest absolute Gasteiger partial charge is 0.299 e. The maximum Gasteiger partial charge on any atom is 0.296 e. The van der Waals surface area contributed by atoms with Gasteiger partial charge in [0.2, 0.25) is 5.78 Å². The minimum absolute atomic E-state index is 0.298. The second-order valence-corrected chi connectivity index (χ2v) is 2.72. The van der Waals surface area contributed by atoms with Crippen molar-refractivity contribution in [2.45, 2.75) is 33.1 Å². The molecular formula is C8H12F2O2. The Kier molecular flexibility index (Phi) is 4.62. The molecule has 0 fully saturated rings. The summed E-state index contributed by atoms with van der Waals surface area (Å²) in [4.78, 5) is 21.3. The summed E-state index contributed by atoms with van der Waals surface area (Å²) < 4.78 is 23.3. The van der Waals surface area contributed by atoms with Crippen molar-refractivity contribution < 1.29 is 18.4 Å². The van der Waals surface area contributed by atoms with Gasteiger partial charge in [0.25, 0.3) is 6.43 Å². The van der Waals surface area contributed by atoms with Crippen LogP contribution in [0.15, 0.2) is 0 Å². The number of rotatable bonds is 5. The number of carbonyl (C=O) groups is 2. The van der Waals surface area contributed by atoms with Crippen LogP contribution >= 0.6 is 0 Å². The van der Waals surface area contributed by atoms with E-state index in [0.29, 0.717) is 6.42 Å². The van der Waals surface area contributed by atoms with Crippen molar-refractivity contribution in [3.05, 3.63) is 0 Å². The highest BCUT2D eigenvalue weighted by molar-refractivity contribution is 6.01. The van der Waals surface area contributed by atoms with Crippen LogP contribution in [-0.2, 0) is 9.59 Å². The summed E-state index contributed by atoms with van der Waals surface area (Å²) >= 11 is 0. The van der Waals surface area contributed by atoms with Gasteiger partial charge in [0.05, 0.1) is 6.42 Å². The molecule has 0 N–H and O–H groups in total. The zero-order valence-electron chi connectivity index (χ0n) is 7.14. The molecule has 0 heterocycles. The van der Waals surface area contributed by atoms with Crippen LogP contribution in [0.3, 0.4) is 0 Å². The van der Waals surface area contributed by atoms with Crippen molar-refractivity contribution in [1.82, 2.24) is 0 Å². The number of alkyl halides is 2. The number of hydrogen-bond donors (Lipinski definition) is 0. The van der Waals surface area contributed by atoms with E-state index in [0.717, 1.165) is 0 Å². The van der Waals surface area contributed by atoms with Crippen LogP contribution in [0.5, 0.6) is 0 Å². The van der Waals surface area contributed by atoms with Crippen LogP contribution in [0.25, 0.3) is 0 Å². The molecule has 0 bridgehead atoms. The van der Waals surface area contributed by atoms with Gasteiger partial charge < -0.3 is 0 Å². The van der Waals surface area contributed by atoms with E-state index >= 15 is 0 Å². The fraction of sp³-hybridized carbons (Fsp3) is 0.750. The van der Waals surface area contributed by atoms with Crippen LogP contribution in [0.4, 0.5) is 8.78 Å². The van der Waals surface area contributed by atoms with E-state index in [1.54, 1.807) is 13.8 Å². The molecular weight excluding hydrogens is 166 g/mol. The molecule has 0 amide bonds. The van der Waals surface area contributed by atoms with Gasteiger partial charge in [0.1, 0.15) is 5.78 Å². The van der Waals surface area contributed by atoms with Crippen LogP contribution in [0.1, 0.15) is 26.7 Å². The smallest absolute Gasteiger partial charge is 0.296 e. The SMILES string of the molecule is CCC(C)C(=O)CC(=O)C(F)F. The third kappa shape index (κ3) is 3.55. The average Bonchev–Trinajstić information content (AvgIpc) is 2.02. The Labute approximate surface area is 69.9 Å². The highest BCUT2D eigenvalue weighted by Gasteiger charge is 2.21. The van der Waals surface area contributed by atoms with Gasteiger partial charge in [-0.25, -0.2) is 8.78 Å². The molecule has 0 aliphatic heterocycles. The summed E-state index contributed by atoms with van der Waals surface area (Å²) in [5.41, 5.74) is 0. The van der Waals surface area contributed by atoms with Crippen LogP contribution in [-0.4, -0.2) is 18.0 Å².